The molecule has 0 bridgehead atoms. The van der Waals surface area contributed by atoms with Crippen LogP contribution in [0.2, 0.25) is 0 Å². The van der Waals surface area contributed by atoms with Crippen LogP contribution in [0.15, 0.2) is 103 Å². The lowest BCUT2D eigenvalue weighted by molar-refractivity contribution is -0.141. The maximum absolute atomic E-state index is 13.2. The van der Waals surface area contributed by atoms with Crippen molar-refractivity contribution in [3.05, 3.63) is 120 Å². The molecule has 204 valence electrons. The molecule has 0 aliphatic heterocycles. The van der Waals surface area contributed by atoms with Crippen molar-refractivity contribution in [2.24, 2.45) is 0 Å². The molecule has 0 spiro atoms. The van der Waals surface area contributed by atoms with Crippen LogP contribution in [0.3, 0.4) is 0 Å². The Morgan fingerprint density at radius 1 is 0.700 bits per heavy atom. The van der Waals surface area contributed by atoms with E-state index in [1.54, 1.807) is 42.7 Å². The summed E-state index contributed by atoms with van der Waals surface area (Å²) < 4.78 is 0. The van der Waals surface area contributed by atoms with Crippen LogP contribution >= 0.6 is 0 Å². The van der Waals surface area contributed by atoms with Crippen LogP contribution in [0.4, 0.5) is 0 Å². The minimum Gasteiger partial charge on any atom is -0.480 e. The Labute approximate surface area is 232 Å². The molecule has 2 amide bonds. The third kappa shape index (κ3) is 7.77. The average molecular weight is 538 g/mol. The Kier molecular flexibility index (Phi) is 9.61. The third-order valence-corrected chi connectivity index (χ3v) is 6.58. The minimum absolute atomic E-state index is 0.0759. The molecule has 0 radical (unpaired) electrons. The van der Waals surface area contributed by atoms with Gasteiger partial charge in [-0.05, 0) is 35.2 Å². The predicted octanol–water partition coefficient (Wildman–Crippen LogP) is 4.18. The van der Waals surface area contributed by atoms with E-state index in [9.17, 15) is 24.3 Å². The summed E-state index contributed by atoms with van der Waals surface area (Å²) in [6, 6.07) is 25.4. The van der Waals surface area contributed by atoms with E-state index in [2.05, 4.69) is 15.6 Å². The normalized spacial score (nSPS) is 12.2. The van der Waals surface area contributed by atoms with E-state index >= 15 is 0 Å². The number of hydrogen-bond donors (Lipinski definition) is 4. The molecule has 0 saturated carbocycles. The lowest BCUT2D eigenvalue weighted by Gasteiger charge is -2.19. The monoisotopic (exact) mass is 537 g/mol. The van der Waals surface area contributed by atoms with Crippen molar-refractivity contribution in [2.75, 3.05) is 0 Å². The lowest BCUT2D eigenvalue weighted by atomic mass is 9.98. The smallest absolute Gasteiger partial charge is 0.326 e. The Morgan fingerprint density at radius 2 is 1.32 bits per heavy atom. The average Bonchev–Trinajstić information content (AvgIpc) is 3.45. The maximum atomic E-state index is 13.2. The van der Waals surface area contributed by atoms with Crippen molar-refractivity contribution in [1.29, 1.82) is 0 Å². The second-order valence-electron chi connectivity index (χ2n) is 9.47. The number of carbonyl (C=O) groups excluding carboxylic acids is 3. The first-order valence-electron chi connectivity index (χ1n) is 13.1. The summed E-state index contributed by atoms with van der Waals surface area (Å²) in [7, 11) is 0. The number of carbonyl (C=O) groups is 4. The molecule has 1 heterocycles. The fraction of sp³-hybridized carbons (Fsp3) is 0.188. The van der Waals surface area contributed by atoms with Gasteiger partial charge in [0, 0.05) is 42.8 Å². The second-order valence-corrected chi connectivity index (χ2v) is 9.47. The van der Waals surface area contributed by atoms with Gasteiger partial charge in [0.1, 0.15) is 6.04 Å². The SMILES string of the molecule is O=C(CCC(=O)[C@H](Cc1ccccc1)NC(=O)c1ccccc1)N[C@@H](Cc1c[nH]cc1-c1ccccc1)C(=O)O. The van der Waals surface area contributed by atoms with E-state index in [1.807, 2.05) is 60.7 Å². The molecule has 4 rings (SSSR count). The highest BCUT2D eigenvalue weighted by molar-refractivity contribution is 5.98. The number of Topliss-reactive ketones (excluding diaryl/α,β-unsaturated/α-hetero) is 1. The number of nitrogens with one attached hydrogen (secondary N) is 3. The quantitative estimate of drug-likeness (QED) is 0.203. The number of hydrogen-bond acceptors (Lipinski definition) is 4. The fourth-order valence-corrected chi connectivity index (χ4v) is 4.48. The summed E-state index contributed by atoms with van der Waals surface area (Å²) in [6.07, 6.45) is 3.51. The summed E-state index contributed by atoms with van der Waals surface area (Å²) >= 11 is 0. The molecule has 0 aliphatic rings. The molecule has 8 heteroatoms. The molecule has 0 aliphatic carbocycles. The number of benzene rings is 3. The lowest BCUT2D eigenvalue weighted by Crippen LogP contribution is -2.44. The molecule has 0 saturated heterocycles. The second kappa shape index (κ2) is 13.7. The van der Waals surface area contributed by atoms with Gasteiger partial charge in [-0.1, -0.05) is 78.9 Å². The van der Waals surface area contributed by atoms with Crippen molar-refractivity contribution in [1.82, 2.24) is 15.6 Å². The Morgan fingerprint density at radius 3 is 1.98 bits per heavy atom. The van der Waals surface area contributed by atoms with Gasteiger partial charge in [-0.15, -0.1) is 0 Å². The standard InChI is InChI=1S/C32H31N3O5/c36-29(27(18-22-10-4-1-5-11-22)35-31(38)24-14-8-3-9-15-24)16-17-30(37)34-28(32(39)40)19-25-20-33-21-26(25)23-12-6-2-7-13-23/h1-15,20-21,27-28,33H,16-19H2,(H,34,37)(H,35,38)(H,39,40)/t27-,28-/m0/s1. The van der Waals surface area contributed by atoms with E-state index < -0.39 is 24.0 Å². The summed E-state index contributed by atoms with van der Waals surface area (Å²) in [5.41, 5.74) is 3.83. The molecular formula is C32H31N3O5. The van der Waals surface area contributed by atoms with Crippen molar-refractivity contribution in [2.45, 2.75) is 37.8 Å². The summed E-state index contributed by atoms with van der Waals surface area (Å²) in [5.74, 6) is -2.42. The molecule has 40 heavy (non-hydrogen) atoms. The molecule has 3 aromatic carbocycles. The van der Waals surface area contributed by atoms with Gasteiger partial charge in [0.15, 0.2) is 5.78 Å². The fourth-order valence-electron chi connectivity index (χ4n) is 4.48. The maximum Gasteiger partial charge on any atom is 0.326 e. The Balaban J connectivity index is 1.38. The first kappa shape index (κ1) is 28.0. The zero-order valence-corrected chi connectivity index (χ0v) is 21.9. The van der Waals surface area contributed by atoms with Crippen LogP contribution in [0.1, 0.15) is 34.3 Å². The van der Waals surface area contributed by atoms with Gasteiger partial charge in [-0.2, -0.15) is 0 Å². The van der Waals surface area contributed by atoms with Gasteiger partial charge >= 0.3 is 5.97 Å². The van der Waals surface area contributed by atoms with Gasteiger partial charge in [-0.3, -0.25) is 14.4 Å². The van der Waals surface area contributed by atoms with E-state index in [0.717, 1.165) is 22.3 Å². The molecule has 4 N–H and O–H groups in total. The van der Waals surface area contributed by atoms with Crippen LogP contribution in [-0.2, 0) is 27.2 Å². The van der Waals surface area contributed by atoms with Gasteiger partial charge in [-0.25, -0.2) is 4.79 Å². The van der Waals surface area contributed by atoms with E-state index in [1.165, 1.54) is 0 Å². The van der Waals surface area contributed by atoms with Crippen molar-refractivity contribution < 1.29 is 24.3 Å². The number of H-pyrrole nitrogens is 1. The number of amides is 2. The number of aliphatic carboxylic acids is 1. The molecule has 0 fully saturated rings. The summed E-state index contributed by atoms with van der Waals surface area (Å²) in [5, 5.41) is 15.1. The van der Waals surface area contributed by atoms with Crippen LogP contribution in [0.25, 0.3) is 11.1 Å². The number of carboxylic acid groups (broad SMARTS) is 1. The molecule has 0 unspecified atom stereocenters. The molecule has 2 atom stereocenters. The van der Waals surface area contributed by atoms with Gasteiger partial charge < -0.3 is 20.7 Å². The highest BCUT2D eigenvalue weighted by Gasteiger charge is 2.25. The van der Waals surface area contributed by atoms with Crippen LogP contribution in [0, 0.1) is 0 Å². The van der Waals surface area contributed by atoms with Crippen LogP contribution in [0.5, 0.6) is 0 Å². The third-order valence-electron chi connectivity index (χ3n) is 6.58. The zero-order chi connectivity index (χ0) is 28.3. The number of carboxylic acids is 1. The zero-order valence-electron chi connectivity index (χ0n) is 21.9. The highest BCUT2D eigenvalue weighted by Crippen LogP contribution is 2.24. The van der Waals surface area contributed by atoms with Crippen LogP contribution < -0.4 is 10.6 Å². The number of ketones is 1. The summed E-state index contributed by atoms with van der Waals surface area (Å²) in [6.45, 7) is 0. The number of aromatic amines is 1. The van der Waals surface area contributed by atoms with Gasteiger partial charge in [0.2, 0.25) is 5.91 Å². The van der Waals surface area contributed by atoms with Crippen molar-refractivity contribution >= 4 is 23.6 Å². The Bertz CT molecular complexity index is 1440. The van der Waals surface area contributed by atoms with E-state index in [4.69, 9.17) is 0 Å². The van der Waals surface area contributed by atoms with Gasteiger partial charge in [0.05, 0.1) is 6.04 Å². The molecule has 1 aromatic heterocycles. The van der Waals surface area contributed by atoms with Crippen LogP contribution in [-0.4, -0.2) is 45.7 Å². The minimum atomic E-state index is -1.17. The largest absolute Gasteiger partial charge is 0.480 e. The first-order valence-corrected chi connectivity index (χ1v) is 13.1. The topological polar surface area (TPSA) is 128 Å². The predicted molar refractivity (Wildman–Crippen MR) is 152 cm³/mol. The summed E-state index contributed by atoms with van der Waals surface area (Å²) in [4.78, 5) is 53.7. The van der Waals surface area contributed by atoms with Gasteiger partial charge in [0.25, 0.3) is 5.91 Å². The Hall–Kier alpha value is -4.98. The van der Waals surface area contributed by atoms with Crippen molar-refractivity contribution in [3.8, 4) is 11.1 Å². The first-order chi connectivity index (χ1) is 19.4. The van der Waals surface area contributed by atoms with E-state index in [-0.39, 0.29) is 37.4 Å². The molecule has 8 nitrogen and oxygen atoms in total. The van der Waals surface area contributed by atoms with Crippen molar-refractivity contribution in [3.63, 3.8) is 0 Å². The number of aromatic nitrogens is 1. The molecule has 4 aromatic rings. The van der Waals surface area contributed by atoms with E-state index in [0.29, 0.717) is 5.56 Å². The molecular weight excluding hydrogens is 506 g/mol. The highest BCUT2D eigenvalue weighted by atomic mass is 16.4. The number of rotatable bonds is 13.